The first-order chi connectivity index (χ1) is 9.62. The number of hydrogen-bond acceptors (Lipinski definition) is 4. The number of fused-ring (bicyclic) bond motifs is 1. The number of carbonyl (C=O) groups is 1. The SMILES string of the molecule is CCC1N=C2C=CC(F)(C3CNCCO3)C=C2NC1=O. The zero-order valence-corrected chi connectivity index (χ0v) is 11.4. The highest BCUT2D eigenvalue weighted by Crippen LogP contribution is 2.30. The molecule has 0 aromatic rings. The van der Waals surface area contributed by atoms with Gasteiger partial charge in [-0.2, -0.15) is 0 Å². The minimum Gasteiger partial charge on any atom is -0.372 e. The third kappa shape index (κ3) is 2.29. The monoisotopic (exact) mass is 279 g/mol. The molecule has 0 spiro atoms. The van der Waals surface area contributed by atoms with Gasteiger partial charge in [0.2, 0.25) is 5.91 Å². The van der Waals surface area contributed by atoms with Crippen molar-refractivity contribution in [3.05, 3.63) is 23.9 Å². The third-order valence-electron chi connectivity index (χ3n) is 3.80. The molecule has 0 saturated carbocycles. The average Bonchev–Trinajstić information content (AvgIpc) is 2.47. The summed E-state index contributed by atoms with van der Waals surface area (Å²) in [7, 11) is 0. The molecule has 2 aliphatic heterocycles. The number of amides is 1. The van der Waals surface area contributed by atoms with Crippen LogP contribution < -0.4 is 10.6 Å². The van der Waals surface area contributed by atoms with Crippen LogP contribution in [0.1, 0.15) is 13.3 Å². The normalized spacial score (nSPS) is 36.8. The number of halogens is 1. The fourth-order valence-corrected chi connectivity index (χ4v) is 2.62. The molecule has 3 rings (SSSR count). The fraction of sp³-hybridized carbons (Fsp3) is 0.571. The van der Waals surface area contributed by atoms with Crippen molar-refractivity contribution in [2.24, 2.45) is 4.99 Å². The van der Waals surface area contributed by atoms with Gasteiger partial charge in [0.25, 0.3) is 0 Å². The number of hydrogen-bond donors (Lipinski definition) is 2. The Morgan fingerprint density at radius 2 is 2.45 bits per heavy atom. The summed E-state index contributed by atoms with van der Waals surface area (Å²) in [6.45, 7) is 3.56. The molecule has 0 aromatic heterocycles. The Morgan fingerprint density at radius 1 is 1.60 bits per heavy atom. The topological polar surface area (TPSA) is 62.7 Å². The molecule has 5 nitrogen and oxygen atoms in total. The van der Waals surface area contributed by atoms with Gasteiger partial charge in [-0.15, -0.1) is 0 Å². The molecule has 2 N–H and O–H groups in total. The molecule has 6 heteroatoms. The second-order valence-electron chi connectivity index (χ2n) is 5.21. The van der Waals surface area contributed by atoms with Crippen molar-refractivity contribution in [3.63, 3.8) is 0 Å². The number of nitrogens with zero attached hydrogens (tertiary/aromatic N) is 1. The summed E-state index contributed by atoms with van der Waals surface area (Å²) in [5.74, 6) is -0.178. The van der Waals surface area contributed by atoms with E-state index in [0.29, 0.717) is 31.0 Å². The van der Waals surface area contributed by atoms with E-state index >= 15 is 4.39 Å². The summed E-state index contributed by atoms with van der Waals surface area (Å²) in [5, 5.41) is 5.85. The quantitative estimate of drug-likeness (QED) is 0.773. The lowest BCUT2D eigenvalue weighted by molar-refractivity contribution is -0.121. The van der Waals surface area contributed by atoms with Crippen LogP contribution in [0.2, 0.25) is 0 Å². The molecule has 20 heavy (non-hydrogen) atoms. The smallest absolute Gasteiger partial charge is 0.249 e. The maximum absolute atomic E-state index is 15.0. The first-order valence-corrected chi connectivity index (χ1v) is 6.95. The Kier molecular flexibility index (Phi) is 3.43. The summed E-state index contributed by atoms with van der Waals surface area (Å²) in [6, 6.07) is -0.383. The zero-order chi connectivity index (χ0) is 14.2. The molecule has 1 saturated heterocycles. The average molecular weight is 279 g/mol. The standard InChI is InChI=1S/C14H18FN3O2/c1-2-9-13(19)18-11-7-14(15,4-3-10(11)17-9)12-8-16-5-6-20-12/h3-4,7,9,12,16H,2,5-6,8H2,1H3,(H,18,19). The lowest BCUT2D eigenvalue weighted by Gasteiger charge is -2.35. The predicted octanol–water partition coefficient (Wildman–Crippen LogP) is 0.486. The van der Waals surface area contributed by atoms with E-state index in [0.717, 1.165) is 6.54 Å². The Hall–Kier alpha value is -1.53. The summed E-state index contributed by atoms with van der Waals surface area (Å²) in [4.78, 5) is 16.2. The predicted molar refractivity (Wildman–Crippen MR) is 73.3 cm³/mol. The number of aliphatic imine (C=N–C) groups is 1. The van der Waals surface area contributed by atoms with E-state index in [1.807, 2.05) is 6.92 Å². The Bertz CT molecular complexity index is 509. The Morgan fingerprint density at radius 3 is 3.15 bits per heavy atom. The van der Waals surface area contributed by atoms with Gasteiger partial charge in [-0.1, -0.05) is 6.92 Å². The largest absolute Gasteiger partial charge is 0.372 e. The molecule has 0 aromatic carbocycles. The molecule has 1 amide bonds. The number of carbonyl (C=O) groups excluding carboxylic acids is 1. The molecule has 3 aliphatic rings. The van der Waals surface area contributed by atoms with Crippen molar-refractivity contribution in [1.82, 2.24) is 10.6 Å². The van der Waals surface area contributed by atoms with Crippen LogP contribution in [0.4, 0.5) is 4.39 Å². The number of rotatable bonds is 2. The van der Waals surface area contributed by atoms with E-state index in [4.69, 9.17) is 4.74 Å². The van der Waals surface area contributed by atoms with Crippen LogP contribution in [-0.4, -0.2) is 49.1 Å². The number of nitrogens with one attached hydrogen (secondary N) is 2. The van der Waals surface area contributed by atoms with Crippen LogP contribution >= 0.6 is 0 Å². The second kappa shape index (κ2) is 5.10. The number of allylic oxidation sites excluding steroid dienone is 1. The zero-order valence-electron chi connectivity index (χ0n) is 11.4. The van der Waals surface area contributed by atoms with Gasteiger partial charge in [-0.25, -0.2) is 4.39 Å². The first kappa shape index (κ1) is 13.5. The molecule has 3 atom stereocenters. The van der Waals surface area contributed by atoms with Gasteiger partial charge in [0.15, 0.2) is 5.67 Å². The molecular weight excluding hydrogens is 261 g/mol. The van der Waals surface area contributed by atoms with Gasteiger partial charge in [-0.3, -0.25) is 9.79 Å². The van der Waals surface area contributed by atoms with Crippen LogP contribution in [0.5, 0.6) is 0 Å². The fourth-order valence-electron chi connectivity index (χ4n) is 2.62. The van der Waals surface area contributed by atoms with Crippen LogP contribution in [0, 0.1) is 0 Å². The van der Waals surface area contributed by atoms with E-state index in [-0.39, 0.29) is 11.9 Å². The third-order valence-corrected chi connectivity index (χ3v) is 3.80. The second-order valence-corrected chi connectivity index (χ2v) is 5.21. The summed E-state index contributed by atoms with van der Waals surface area (Å²) in [5.41, 5.74) is -0.638. The molecule has 1 fully saturated rings. The number of morpholine rings is 1. The van der Waals surface area contributed by atoms with Crippen molar-refractivity contribution in [2.45, 2.75) is 31.2 Å². The van der Waals surface area contributed by atoms with Crippen molar-refractivity contribution < 1.29 is 13.9 Å². The number of ether oxygens (including phenoxy) is 1. The van der Waals surface area contributed by atoms with Gasteiger partial charge >= 0.3 is 0 Å². The molecule has 1 aliphatic carbocycles. The minimum absolute atomic E-state index is 0.178. The van der Waals surface area contributed by atoms with Crippen molar-refractivity contribution in [2.75, 3.05) is 19.7 Å². The number of alkyl halides is 1. The molecule has 3 unspecified atom stereocenters. The summed E-state index contributed by atoms with van der Waals surface area (Å²) in [6.07, 6.45) is 4.56. The highest BCUT2D eigenvalue weighted by atomic mass is 19.1. The van der Waals surface area contributed by atoms with Crippen molar-refractivity contribution >= 4 is 11.6 Å². The molecular formula is C14H18FN3O2. The first-order valence-electron chi connectivity index (χ1n) is 6.95. The van der Waals surface area contributed by atoms with Gasteiger partial charge < -0.3 is 15.4 Å². The highest BCUT2D eigenvalue weighted by molar-refractivity contribution is 6.14. The Labute approximate surface area is 117 Å². The van der Waals surface area contributed by atoms with Gasteiger partial charge in [-0.05, 0) is 24.6 Å². The molecule has 2 heterocycles. The van der Waals surface area contributed by atoms with Crippen LogP contribution in [0.15, 0.2) is 28.9 Å². The van der Waals surface area contributed by atoms with Gasteiger partial charge in [0.1, 0.15) is 12.1 Å². The lowest BCUT2D eigenvalue weighted by Crippen LogP contribution is -2.51. The summed E-state index contributed by atoms with van der Waals surface area (Å²) < 4.78 is 20.5. The van der Waals surface area contributed by atoms with Gasteiger partial charge in [0, 0.05) is 13.1 Å². The van der Waals surface area contributed by atoms with Crippen LogP contribution in [0.25, 0.3) is 0 Å². The minimum atomic E-state index is -1.71. The Balaban J connectivity index is 1.87. The van der Waals surface area contributed by atoms with E-state index in [1.54, 1.807) is 6.08 Å². The van der Waals surface area contributed by atoms with Crippen molar-refractivity contribution in [1.29, 1.82) is 0 Å². The van der Waals surface area contributed by atoms with E-state index in [2.05, 4.69) is 15.6 Å². The maximum atomic E-state index is 15.0. The van der Waals surface area contributed by atoms with Crippen LogP contribution in [-0.2, 0) is 9.53 Å². The maximum Gasteiger partial charge on any atom is 0.249 e. The summed E-state index contributed by atoms with van der Waals surface area (Å²) >= 11 is 0. The van der Waals surface area contributed by atoms with Crippen molar-refractivity contribution in [3.8, 4) is 0 Å². The molecule has 0 bridgehead atoms. The molecule has 0 radical (unpaired) electrons. The molecule has 108 valence electrons. The highest BCUT2D eigenvalue weighted by Gasteiger charge is 2.41. The van der Waals surface area contributed by atoms with Crippen LogP contribution in [0.3, 0.4) is 0 Å². The van der Waals surface area contributed by atoms with E-state index < -0.39 is 11.8 Å². The van der Waals surface area contributed by atoms with E-state index in [9.17, 15) is 4.79 Å². The lowest BCUT2D eigenvalue weighted by atomic mass is 9.89. The van der Waals surface area contributed by atoms with Gasteiger partial charge in [0.05, 0.1) is 18.0 Å². The van der Waals surface area contributed by atoms with E-state index in [1.165, 1.54) is 12.2 Å².